The summed E-state index contributed by atoms with van der Waals surface area (Å²) in [6, 6.07) is 8.76. The van der Waals surface area contributed by atoms with Crippen LogP contribution in [0.2, 0.25) is 0 Å². The van der Waals surface area contributed by atoms with E-state index in [4.69, 9.17) is 0 Å². The molecule has 0 unspecified atom stereocenters. The highest BCUT2D eigenvalue weighted by molar-refractivity contribution is 7.99. The van der Waals surface area contributed by atoms with Crippen molar-refractivity contribution in [2.75, 3.05) is 31.6 Å². The van der Waals surface area contributed by atoms with Gasteiger partial charge in [0.2, 0.25) is 0 Å². The molecule has 1 aliphatic heterocycles. The Labute approximate surface area is 102 Å². The van der Waals surface area contributed by atoms with E-state index in [2.05, 4.69) is 46.2 Å². The summed E-state index contributed by atoms with van der Waals surface area (Å²) >= 11 is 2.07. The Balaban J connectivity index is 2.01. The predicted octanol–water partition coefficient (Wildman–Crippen LogP) is 1.95. The summed E-state index contributed by atoms with van der Waals surface area (Å²) in [4.78, 5) is 2.56. The number of hydrogen-bond donors (Lipinski definition) is 1. The molecule has 0 aromatic heterocycles. The summed E-state index contributed by atoms with van der Waals surface area (Å²) in [5.74, 6) is 2.57. The van der Waals surface area contributed by atoms with E-state index in [0.29, 0.717) is 0 Å². The number of hydrogen-bond acceptors (Lipinski definition) is 3. The van der Waals surface area contributed by atoms with E-state index >= 15 is 0 Å². The van der Waals surface area contributed by atoms with Crippen molar-refractivity contribution in [2.45, 2.75) is 13.1 Å². The van der Waals surface area contributed by atoms with Crippen LogP contribution in [0.25, 0.3) is 0 Å². The smallest absolute Gasteiger partial charge is 0.0237 e. The molecule has 1 aliphatic rings. The minimum Gasteiger partial charge on any atom is -0.316 e. The Hall–Kier alpha value is -0.510. The maximum absolute atomic E-state index is 3.24. The molecule has 0 spiro atoms. The van der Waals surface area contributed by atoms with Gasteiger partial charge in [-0.05, 0) is 18.2 Å². The molecule has 0 atom stereocenters. The van der Waals surface area contributed by atoms with Gasteiger partial charge >= 0.3 is 0 Å². The molecule has 1 N–H and O–H groups in total. The highest BCUT2D eigenvalue weighted by atomic mass is 32.2. The number of thioether (sulfide) groups is 1. The van der Waals surface area contributed by atoms with E-state index in [9.17, 15) is 0 Å². The lowest BCUT2D eigenvalue weighted by Crippen LogP contribution is -2.32. The van der Waals surface area contributed by atoms with E-state index in [1.54, 1.807) is 0 Å². The second-order valence-electron chi connectivity index (χ2n) is 4.19. The third-order valence-corrected chi connectivity index (χ3v) is 3.93. The van der Waals surface area contributed by atoms with E-state index < -0.39 is 0 Å². The normalized spacial score (nSPS) is 17.6. The molecule has 1 heterocycles. The van der Waals surface area contributed by atoms with Crippen LogP contribution in [0.5, 0.6) is 0 Å². The van der Waals surface area contributed by atoms with Crippen LogP contribution < -0.4 is 5.32 Å². The van der Waals surface area contributed by atoms with Crippen molar-refractivity contribution in [2.24, 2.45) is 0 Å². The highest BCUT2D eigenvalue weighted by Crippen LogP contribution is 2.15. The molecule has 1 aromatic rings. The van der Waals surface area contributed by atoms with Gasteiger partial charge in [-0.1, -0.05) is 24.3 Å². The van der Waals surface area contributed by atoms with E-state index in [0.717, 1.165) is 13.1 Å². The minimum absolute atomic E-state index is 0.971. The first-order chi connectivity index (χ1) is 7.90. The molecule has 1 aromatic carbocycles. The van der Waals surface area contributed by atoms with Crippen molar-refractivity contribution in [3.63, 3.8) is 0 Å². The maximum atomic E-state index is 3.24. The summed E-state index contributed by atoms with van der Waals surface area (Å²) in [5, 5.41) is 3.24. The topological polar surface area (TPSA) is 15.3 Å². The molecule has 0 radical (unpaired) electrons. The van der Waals surface area contributed by atoms with E-state index in [1.165, 1.54) is 35.7 Å². The van der Waals surface area contributed by atoms with Gasteiger partial charge in [0, 0.05) is 37.7 Å². The van der Waals surface area contributed by atoms with Gasteiger partial charge in [0.15, 0.2) is 0 Å². The van der Waals surface area contributed by atoms with Crippen molar-refractivity contribution in [3.05, 3.63) is 35.4 Å². The summed E-state index contributed by atoms with van der Waals surface area (Å²) in [6.45, 7) is 4.55. The lowest BCUT2D eigenvalue weighted by atomic mass is 10.1. The molecule has 0 aliphatic carbocycles. The molecule has 2 rings (SSSR count). The fourth-order valence-corrected chi connectivity index (χ4v) is 3.05. The van der Waals surface area contributed by atoms with Gasteiger partial charge in [0.1, 0.15) is 0 Å². The average molecular weight is 236 g/mol. The number of rotatable bonds is 4. The zero-order valence-electron chi connectivity index (χ0n) is 9.91. The second-order valence-corrected chi connectivity index (χ2v) is 5.41. The molecule has 0 bridgehead atoms. The number of benzene rings is 1. The predicted molar refractivity (Wildman–Crippen MR) is 71.8 cm³/mol. The largest absolute Gasteiger partial charge is 0.316 e. The molecule has 88 valence electrons. The van der Waals surface area contributed by atoms with E-state index in [-0.39, 0.29) is 0 Å². The van der Waals surface area contributed by atoms with Crippen LogP contribution in [0.15, 0.2) is 24.3 Å². The van der Waals surface area contributed by atoms with Crippen LogP contribution in [-0.2, 0) is 13.1 Å². The van der Waals surface area contributed by atoms with E-state index in [1.807, 2.05) is 7.05 Å². The molecule has 0 saturated carbocycles. The number of nitrogens with zero attached hydrogens (tertiary/aromatic N) is 1. The summed E-state index contributed by atoms with van der Waals surface area (Å²) in [7, 11) is 2.01. The van der Waals surface area contributed by atoms with Crippen LogP contribution in [0.4, 0.5) is 0 Å². The molecule has 16 heavy (non-hydrogen) atoms. The Morgan fingerprint density at radius 3 is 2.56 bits per heavy atom. The van der Waals surface area contributed by atoms with Gasteiger partial charge in [-0.15, -0.1) is 0 Å². The molecule has 1 fully saturated rings. The van der Waals surface area contributed by atoms with Gasteiger partial charge < -0.3 is 5.32 Å². The SMILES string of the molecule is CNCc1ccccc1CN1CCSCC1. The summed E-state index contributed by atoms with van der Waals surface area (Å²) < 4.78 is 0. The van der Waals surface area contributed by atoms with Crippen molar-refractivity contribution < 1.29 is 0 Å². The van der Waals surface area contributed by atoms with Crippen molar-refractivity contribution in [1.82, 2.24) is 10.2 Å². The highest BCUT2D eigenvalue weighted by Gasteiger charge is 2.11. The maximum Gasteiger partial charge on any atom is 0.0237 e. The fourth-order valence-electron chi connectivity index (χ4n) is 2.07. The standard InChI is InChI=1S/C13H20N2S/c1-14-10-12-4-2-3-5-13(12)11-15-6-8-16-9-7-15/h2-5,14H,6-11H2,1H3. The number of nitrogens with one attached hydrogen (secondary N) is 1. The van der Waals surface area contributed by atoms with Gasteiger partial charge in [-0.3, -0.25) is 4.90 Å². The third-order valence-electron chi connectivity index (χ3n) is 2.98. The van der Waals surface area contributed by atoms with Crippen molar-refractivity contribution in [3.8, 4) is 0 Å². The first-order valence-electron chi connectivity index (χ1n) is 5.91. The van der Waals surface area contributed by atoms with Crippen LogP contribution in [0.1, 0.15) is 11.1 Å². The van der Waals surface area contributed by atoms with Gasteiger partial charge in [-0.2, -0.15) is 11.8 Å². The molecular formula is C13H20N2S. The van der Waals surface area contributed by atoms with Crippen LogP contribution >= 0.6 is 11.8 Å². The minimum atomic E-state index is 0.971. The monoisotopic (exact) mass is 236 g/mol. The second kappa shape index (κ2) is 6.28. The summed E-state index contributed by atoms with van der Waals surface area (Å²) in [5.41, 5.74) is 2.91. The van der Waals surface area contributed by atoms with Crippen molar-refractivity contribution >= 4 is 11.8 Å². The van der Waals surface area contributed by atoms with Gasteiger partial charge in [0.25, 0.3) is 0 Å². The van der Waals surface area contributed by atoms with Gasteiger partial charge in [0.05, 0.1) is 0 Å². The quantitative estimate of drug-likeness (QED) is 0.860. The Bertz CT molecular complexity index is 321. The van der Waals surface area contributed by atoms with Crippen molar-refractivity contribution in [1.29, 1.82) is 0 Å². The Kier molecular flexibility index (Phi) is 4.69. The molecule has 3 heteroatoms. The van der Waals surface area contributed by atoms with Gasteiger partial charge in [-0.25, -0.2) is 0 Å². The third kappa shape index (κ3) is 3.24. The van der Waals surface area contributed by atoms with Crippen LogP contribution in [-0.4, -0.2) is 36.5 Å². The van der Waals surface area contributed by atoms with Crippen LogP contribution in [0.3, 0.4) is 0 Å². The Morgan fingerprint density at radius 2 is 1.88 bits per heavy atom. The fraction of sp³-hybridized carbons (Fsp3) is 0.538. The lowest BCUT2D eigenvalue weighted by Gasteiger charge is -2.27. The zero-order chi connectivity index (χ0) is 11.2. The van der Waals surface area contributed by atoms with Crippen LogP contribution in [0, 0.1) is 0 Å². The first-order valence-corrected chi connectivity index (χ1v) is 7.07. The molecule has 0 amide bonds. The molecule has 1 saturated heterocycles. The molecule has 2 nitrogen and oxygen atoms in total. The average Bonchev–Trinajstić information content (AvgIpc) is 2.33. The summed E-state index contributed by atoms with van der Waals surface area (Å²) in [6.07, 6.45) is 0. The Morgan fingerprint density at radius 1 is 1.19 bits per heavy atom. The zero-order valence-corrected chi connectivity index (χ0v) is 10.7. The lowest BCUT2D eigenvalue weighted by molar-refractivity contribution is 0.293. The molecular weight excluding hydrogens is 216 g/mol. The first kappa shape index (κ1) is 12.0.